The summed E-state index contributed by atoms with van der Waals surface area (Å²) >= 11 is 0. The number of hydrazine groups is 1. The molecule has 3 rings (SSSR count). The van der Waals surface area contributed by atoms with E-state index in [-0.39, 0.29) is 5.70 Å². The SMILES string of the molecule is N/C(=C\N(N)C1O[C@H](CO)C(O)C(O)[C@@H]1O)c1ccc([C@H]2O[C@H](CO)C(O)[C@H](O)[C@@H]2O)cc1. The van der Waals surface area contributed by atoms with Crippen molar-refractivity contribution in [1.82, 2.24) is 5.01 Å². The summed E-state index contributed by atoms with van der Waals surface area (Å²) in [5, 5.41) is 79.6. The maximum Gasteiger partial charge on any atom is 0.172 e. The summed E-state index contributed by atoms with van der Waals surface area (Å²) in [5.74, 6) is 5.91. The van der Waals surface area contributed by atoms with Crippen LogP contribution in [0.3, 0.4) is 0 Å². The third-order valence-electron chi connectivity index (χ3n) is 5.91. The molecule has 13 heteroatoms. The highest BCUT2D eigenvalue weighted by Crippen LogP contribution is 2.33. The first-order valence-electron chi connectivity index (χ1n) is 10.3. The van der Waals surface area contributed by atoms with E-state index in [0.717, 1.165) is 5.01 Å². The normalized spacial score (nSPS) is 40.0. The summed E-state index contributed by atoms with van der Waals surface area (Å²) in [7, 11) is 0. The van der Waals surface area contributed by atoms with E-state index in [1.165, 1.54) is 6.20 Å². The van der Waals surface area contributed by atoms with Crippen LogP contribution < -0.4 is 11.6 Å². The van der Waals surface area contributed by atoms with Gasteiger partial charge >= 0.3 is 0 Å². The topological polar surface area (TPSA) is 236 Å². The molecule has 186 valence electrons. The van der Waals surface area contributed by atoms with E-state index >= 15 is 0 Å². The Labute approximate surface area is 189 Å². The zero-order valence-electron chi connectivity index (χ0n) is 17.6. The summed E-state index contributed by atoms with van der Waals surface area (Å²) < 4.78 is 10.9. The first-order chi connectivity index (χ1) is 15.6. The smallest absolute Gasteiger partial charge is 0.172 e. The van der Waals surface area contributed by atoms with Gasteiger partial charge in [-0.3, -0.25) is 5.01 Å². The molecule has 2 fully saturated rings. The van der Waals surface area contributed by atoms with E-state index in [0.29, 0.717) is 11.1 Å². The second-order valence-corrected chi connectivity index (χ2v) is 8.12. The Morgan fingerprint density at radius 1 is 0.788 bits per heavy atom. The van der Waals surface area contributed by atoms with E-state index in [4.69, 9.17) is 21.1 Å². The van der Waals surface area contributed by atoms with Crippen LogP contribution in [0.25, 0.3) is 5.70 Å². The number of nitrogens with two attached hydrogens (primary N) is 2. The predicted molar refractivity (Wildman–Crippen MR) is 111 cm³/mol. The third kappa shape index (κ3) is 5.13. The number of hydrogen-bond acceptors (Lipinski definition) is 13. The summed E-state index contributed by atoms with van der Waals surface area (Å²) in [6, 6.07) is 6.28. The number of nitrogens with zero attached hydrogens (tertiary/aromatic N) is 1. The molecule has 12 N–H and O–H groups in total. The standard InChI is InChI=1S/C20H31N3O10/c21-10(5-23(22)20-18(31)16(29)14(27)12(7-25)33-20)8-1-3-9(4-2-8)19-17(30)15(28)13(26)11(6-24)32-19/h1-5,11-20,24-31H,6-7,21-22H2/b10-5-/t11-,12-,13?,14?,15+,16?,17+,18+,19-,20?/m1/s1. The number of ether oxygens (including phenoxy) is 2. The molecule has 2 heterocycles. The highest BCUT2D eigenvalue weighted by atomic mass is 16.6. The Bertz CT molecular complexity index is 808. The maximum atomic E-state index is 10.3. The fraction of sp³-hybridized carbons (Fsp3) is 0.600. The quantitative estimate of drug-likeness (QED) is 0.138. The molecule has 13 nitrogen and oxygen atoms in total. The Kier molecular flexibility index (Phi) is 8.26. The van der Waals surface area contributed by atoms with Gasteiger partial charge in [-0.15, -0.1) is 0 Å². The van der Waals surface area contributed by atoms with E-state index in [9.17, 15) is 40.9 Å². The molecule has 0 amide bonds. The van der Waals surface area contributed by atoms with E-state index in [2.05, 4.69) is 0 Å². The Morgan fingerprint density at radius 3 is 1.85 bits per heavy atom. The highest BCUT2D eigenvalue weighted by molar-refractivity contribution is 5.62. The number of aliphatic hydroxyl groups is 8. The predicted octanol–water partition coefficient (Wildman–Crippen LogP) is -4.57. The fourth-order valence-corrected chi connectivity index (χ4v) is 3.88. The minimum absolute atomic E-state index is 0.134. The van der Waals surface area contributed by atoms with Crippen LogP contribution in [0.15, 0.2) is 30.5 Å². The molecular weight excluding hydrogens is 442 g/mol. The van der Waals surface area contributed by atoms with Crippen molar-refractivity contribution in [2.75, 3.05) is 13.2 Å². The van der Waals surface area contributed by atoms with Crippen LogP contribution in [0.5, 0.6) is 0 Å². The average molecular weight is 473 g/mol. The largest absolute Gasteiger partial charge is 0.397 e. The molecule has 4 unspecified atom stereocenters. The van der Waals surface area contributed by atoms with Gasteiger partial charge in [0.1, 0.15) is 54.9 Å². The first-order valence-corrected chi connectivity index (χ1v) is 10.3. The average Bonchev–Trinajstić information content (AvgIpc) is 2.81. The van der Waals surface area contributed by atoms with Gasteiger partial charge in [-0.1, -0.05) is 24.3 Å². The Morgan fingerprint density at radius 2 is 1.30 bits per heavy atom. The Balaban J connectivity index is 1.74. The summed E-state index contributed by atoms with van der Waals surface area (Å²) in [5.41, 5.74) is 7.14. The maximum absolute atomic E-state index is 10.3. The lowest BCUT2D eigenvalue weighted by Crippen LogP contribution is -2.63. The van der Waals surface area contributed by atoms with Crippen molar-refractivity contribution in [3.63, 3.8) is 0 Å². The minimum atomic E-state index is -1.60. The van der Waals surface area contributed by atoms with Crippen LogP contribution in [0.1, 0.15) is 17.2 Å². The lowest BCUT2D eigenvalue weighted by molar-refractivity contribution is -0.259. The molecule has 0 aromatic heterocycles. The van der Waals surface area contributed by atoms with E-state index < -0.39 is 74.4 Å². The Hall–Kier alpha value is -1.88. The molecule has 2 saturated heterocycles. The van der Waals surface area contributed by atoms with Gasteiger partial charge in [0.2, 0.25) is 0 Å². The van der Waals surface area contributed by atoms with Crippen molar-refractivity contribution in [1.29, 1.82) is 0 Å². The first kappa shape index (κ1) is 25.7. The molecule has 2 aliphatic heterocycles. The van der Waals surface area contributed by atoms with Crippen molar-refractivity contribution >= 4 is 5.70 Å². The molecule has 10 atom stereocenters. The molecule has 0 spiro atoms. The van der Waals surface area contributed by atoms with Gasteiger partial charge in [0.05, 0.1) is 18.9 Å². The molecular formula is C20H31N3O10. The van der Waals surface area contributed by atoms with Crippen molar-refractivity contribution in [3.8, 4) is 0 Å². The molecule has 1 aromatic rings. The molecule has 0 radical (unpaired) electrons. The summed E-state index contributed by atoms with van der Waals surface area (Å²) in [6.45, 7) is -1.15. The van der Waals surface area contributed by atoms with Crippen LogP contribution in [-0.4, -0.2) is 114 Å². The molecule has 2 aliphatic rings. The zero-order valence-corrected chi connectivity index (χ0v) is 17.6. The fourth-order valence-electron chi connectivity index (χ4n) is 3.88. The molecule has 33 heavy (non-hydrogen) atoms. The van der Waals surface area contributed by atoms with Crippen LogP contribution >= 0.6 is 0 Å². The lowest BCUT2D eigenvalue weighted by Gasteiger charge is -2.42. The monoisotopic (exact) mass is 473 g/mol. The van der Waals surface area contributed by atoms with Crippen molar-refractivity contribution < 1.29 is 50.3 Å². The number of hydrogen-bond donors (Lipinski definition) is 10. The van der Waals surface area contributed by atoms with Crippen LogP contribution in [0.4, 0.5) is 0 Å². The lowest BCUT2D eigenvalue weighted by atomic mass is 9.91. The number of benzene rings is 1. The van der Waals surface area contributed by atoms with Gasteiger partial charge in [-0.05, 0) is 11.1 Å². The van der Waals surface area contributed by atoms with Crippen LogP contribution in [-0.2, 0) is 9.47 Å². The van der Waals surface area contributed by atoms with Crippen molar-refractivity contribution in [2.24, 2.45) is 11.6 Å². The van der Waals surface area contributed by atoms with Gasteiger partial charge in [0, 0.05) is 6.20 Å². The molecule has 0 saturated carbocycles. The van der Waals surface area contributed by atoms with Gasteiger partial charge < -0.3 is 56.1 Å². The molecule has 1 aromatic carbocycles. The molecule has 0 bridgehead atoms. The number of rotatable bonds is 6. The van der Waals surface area contributed by atoms with Crippen LogP contribution in [0, 0.1) is 0 Å². The van der Waals surface area contributed by atoms with Gasteiger partial charge in [-0.2, -0.15) is 0 Å². The zero-order chi connectivity index (χ0) is 24.4. The second kappa shape index (κ2) is 10.6. The van der Waals surface area contributed by atoms with Crippen molar-refractivity contribution in [3.05, 3.63) is 41.6 Å². The van der Waals surface area contributed by atoms with E-state index in [1.807, 2.05) is 0 Å². The van der Waals surface area contributed by atoms with Crippen LogP contribution in [0.2, 0.25) is 0 Å². The highest BCUT2D eigenvalue weighted by Gasteiger charge is 2.45. The van der Waals surface area contributed by atoms with Gasteiger partial charge in [0.25, 0.3) is 0 Å². The molecule has 0 aliphatic carbocycles. The van der Waals surface area contributed by atoms with Gasteiger partial charge in [0.15, 0.2) is 6.23 Å². The summed E-state index contributed by atoms with van der Waals surface area (Å²) in [4.78, 5) is 0. The van der Waals surface area contributed by atoms with E-state index in [1.54, 1.807) is 24.3 Å². The van der Waals surface area contributed by atoms with Gasteiger partial charge in [-0.25, -0.2) is 5.84 Å². The second-order valence-electron chi connectivity index (χ2n) is 8.12. The minimum Gasteiger partial charge on any atom is -0.397 e. The summed E-state index contributed by atoms with van der Waals surface area (Å²) in [6.07, 6.45) is -12.3. The van der Waals surface area contributed by atoms with Crippen molar-refractivity contribution in [2.45, 2.75) is 61.2 Å². The third-order valence-corrected chi connectivity index (χ3v) is 5.91. The number of aliphatic hydroxyl groups excluding tert-OH is 8.